The highest BCUT2D eigenvalue weighted by Gasteiger charge is 2.10. The maximum Gasteiger partial charge on any atom is 0.250 e. The molecule has 0 bridgehead atoms. The SMILES string of the molecule is CC(N)CCc1cc(=O)n(C)cc1N(C)C=O. The summed E-state index contributed by atoms with van der Waals surface area (Å²) in [5.74, 6) is 0. The van der Waals surface area contributed by atoms with E-state index < -0.39 is 0 Å². The van der Waals surface area contributed by atoms with Crippen molar-refractivity contribution >= 4 is 12.1 Å². The number of hydrogen-bond acceptors (Lipinski definition) is 3. The summed E-state index contributed by atoms with van der Waals surface area (Å²) in [6.45, 7) is 1.92. The topological polar surface area (TPSA) is 68.3 Å². The maximum atomic E-state index is 11.6. The predicted molar refractivity (Wildman–Crippen MR) is 68.1 cm³/mol. The summed E-state index contributed by atoms with van der Waals surface area (Å²) in [6, 6.07) is 1.64. The van der Waals surface area contributed by atoms with Gasteiger partial charge in [-0.3, -0.25) is 9.59 Å². The summed E-state index contributed by atoms with van der Waals surface area (Å²) in [5, 5.41) is 0. The van der Waals surface area contributed by atoms with E-state index in [4.69, 9.17) is 5.73 Å². The van der Waals surface area contributed by atoms with Gasteiger partial charge in [0.2, 0.25) is 6.41 Å². The molecule has 94 valence electrons. The number of carbonyl (C=O) groups is 1. The van der Waals surface area contributed by atoms with Crippen LogP contribution in [0.3, 0.4) is 0 Å². The summed E-state index contributed by atoms with van der Waals surface area (Å²) in [4.78, 5) is 23.8. The van der Waals surface area contributed by atoms with Gasteiger partial charge in [-0.15, -0.1) is 0 Å². The standard InChI is InChI=1S/C12H19N3O2/c1-9(13)4-5-10-6-12(17)14(2)7-11(10)15(3)8-16/h6-9H,4-5,13H2,1-3H3. The van der Waals surface area contributed by atoms with Crippen molar-refractivity contribution in [2.45, 2.75) is 25.8 Å². The Morgan fingerprint density at radius 2 is 2.24 bits per heavy atom. The zero-order valence-electron chi connectivity index (χ0n) is 10.5. The first-order chi connectivity index (χ1) is 7.95. The van der Waals surface area contributed by atoms with Crippen LogP contribution in [0.1, 0.15) is 18.9 Å². The Morgan fingerprint density at radius 3 is 2.76 bits per heavy atom. The second-order valence-electron chi connectivity index (χ2n) is 4.37. The highest BCUT2D eigenvalue weighted by atomic mass is 16.1. The Balaban J connectivity index is 3.11. The number of nitrogens with zero attached hydrogens (tertiary/aromatic N) is 2. The first kappa shape index (κ1) is 13.4. The lowest BCUT2D eigenvalue weighted by Gasteiger charge is -2.17. The molecule has 0 aromatic carbocycles. The van der Waals surface area contributed by atoms with Crippen LogP contribution in [0.5, 0.6) is 0 Å². The van der Waals surface area contributed by atoms with Crippen LogP contribution in [0.4, 0.5) is 5.69 Å². The first-order valence-corrected chi connectivity index (χ1v) is 5.59. The minimum absolute atomic E-state index is 0.0762. The summed E-state index contributed by atoms with van der Waals surface area (Å²) < 4.78 is 1.46. The molecule has 2 N–H and O–H groups in total. The molecule has 1 heterocycles. The molecule has 0 aliphatic carbocycles. The van der Waals surface area contributed by atoms with Crippen LogP contribution < -0.4 is 16.2 Å². The molecule has 0 radical (unpaired) electrons. The van der Waals surface area contributed by atoms with Crippen molar-refractivity contribution in [1.82, 2.24) is 4.57 Å². The van der Waals surface area contributed by atoms with E-state index in [1.165, 1.54) is 9.47 Å². The van der Waals surface area contributed by atoms with Crippen LogP contribution >= 0.6 is 0 Å². The van der Waals surface area contributed by atoms with E-state index in [2.05, 4.69) is 0 Å². The van der Waals surface area contributed by atoms with Crippen molar-refractivity contribution in [1.29, 1.82) is 0 Å². The third kappa shape index (κ3) is 3.42. The fourth-order valence-corrected chi connectivity index (χ4v) is 1.61. The molecule has 5 nitrogen and oxygen atoms in total. The third-order valence-corrected chi connectivity index (χ3v) is 2.70. The molecule has 0 spiro atoms. The Morgan fingerprint density at radius 1 is 1.59 bits per heavy atom. The normalized spacial score (nSPS) is 12.2. The first-order valence-electron chi connectivity index (χ1n) is 5.59. The van der Waals surface area contributed by atoms with Crippen molar-refractivity contribution in [3.05, 3.63) is 28.2 Å². The molecule has 5 heteroatoms. The lowest BCUT2D eigenvalue weighted by atomic mass is 10.1. The summed E-state index contributed by atoms with van der Waals surface area (Å²) in [6.07, 6.45) is 3.89. The quantitative estimate of drug-likeness (QED) is 0.747. The smallest absolute Gasteiger partial charge is 0.250 e. The van der Waals surface area contributed by atoms with E-state index in [1.807, 2.05) is 6.92 Å². The Kier molecular flexibility index (Phi) is 4.45. The van der Waals surface area contributed by atoms with Gasteiger partial charge in [0, 0.05) is 32.4 Å². The minimum Gasteiger partial charge on any atom is -0.328 e. The number of hydrogen-bond donors (Lipinski definition) is 1. The van der Waals surface area contributed by atoms with Crippen molar-refractivity contribution in [3.8, 4) is 0 Å². The van der Waals surface area contributed by atoms with Gasteiger partial charge < -0.3 is 15.2 Å². The molecule has 0 fully saturated rings. The zero-order valence-corrected chi connectivity index (χ0v) is 10.5. The molecule has 1 unspecified atom stereocenters. The highest BCUT2D eigenvalue weighted by molar-refractivity contribution is 5.75. The molecule has 1 aromatic rings. The molecule has 17 heavy (non-hydrogen) atoms. The van der Waals surface area contributed by atoms with Crippen LogP contribution in [-0.4, -0.2) is 24.1 Å². The van der Waals surface area contributed by atoms with Crippen LogP contribution in [0.15, 0.2) is 17.1 Å². The van der Waals surface area contributed by atoms with Gasteiger partial charge in [0.15, 0.2) is 0 Å². The maximum absolute atomic E-state index is 11.6. The van der Waals surface area contributed by atoms with E-state index in [1.54, 1.807) is 26.4 Å². The lowest BCUT2D eigenvalue weighted by Crippen LogP contribution is -2.24. The number of aromatic nitrogens is 1. The number of anilines is 1. The zero-order chi connectivity index (χ0) is 13.0. The lowest BCUT2D eigenvalue weighted by molar-refractivity contribution is -0.107. The molecular formula is C12H19N3O2. The van der Waals surface area contributed by atoms with Gasteiger partial charge in [-0.2, -0.15) is 0 Å². The van der Waals surface area contributed by atoms with E-state index >= 15 is 0 Å². The number of amides is 1. The fourth-order valence-electron chi connectivity index (χ4n) is 1.61. The molecule has 1 atom stereocenters. The van der Waals surface area contributed by atoms with Crippen molar-refractivity contribution in [3.63, 3.8) is 0 Å². The second-order valence-corrected chi connectivity index (χ2v) is 4.37. The largest absolute Gasteiger partial charge is 0.328 e. The molecule has 0 aliphatic heterocycles. The monoisotopic (exact) mass is 237 g/mol. The average Bonchev–Trinajstić information content (AvgIpc) is 2.29. The second kappa shape index (κ2) is 5.63. The van der Waals surface area contributed by atoms with E-state index in [0.29, 0.717) is 6.42 Å². The predicted octanol–water partition coefficient (Wildman–Crippen LogP) is 0.258. The fraction of sp³-hybridized carbons (Fsp3) is 0.500. The van der Waals surface area contributed by atoms with Crippen molar-refractivity contribution in [2.24, 2.45) is 12.8 Å². The Hall–Kier alpha value is -1.62. The Bertz CT molecular complexity index is 452. The third-order valence-electron chi connectivity index (χ3n) is 2.70. The van der Waals surface area contributed by atoms with E-state index in [0.717, 1.165) is 24.1 Å². The number of pyridine rings is 1. The van der Waals surface area contributed by atoms with Gasteiger partial charge in [0.1, 0.15) is 0 Å². The molecule has 1 rings (SSSR count). The van der Waals surface area contributed by atoms with E-state index in [9.17, 15) is 9.59 Å². The highest BCUT2D eigenvalue weighted by Crippen LogP contribution is 2.18. The number of rotatable bonds is 5. The molecule has 1 amide bonds. The molecular weight excluding hydrogens is 218 g/mol. The van der Waals surface area contributed by atoms with Crippen LogP contribution in [0.25, 0.3) is 0 Å². The summed E-state index contributed by atoms with van der Waals surface area (Å²) in [7, 11) is 3.34. The minimum atomic E-state index is -0.0762. The summed E-state index contributed by atoms with van der Waals surface area (Å²) in [5.41, 5.74) is 7.24. The Labute approximate surface area is 101 Å². The van der Waals surface area contributed by atoms with Gasteiger partial charge >= 0.3 is 0 Å². The average molecular weight is 237 g/mol. The van der Waals surface area contributed by atoms with E-state index in [-0.39, 0.29) is 11.6 Å². The van der Waals surface area contributed by atoms with Gasteiger partial charge in [0.05, 0.1) is 5.69 Å². The van der Waals surface area contributed by atoms with Gasteiger partial charge in [0.25, 0.3) is 5.56 Å². The molecule has 0 saturated heterocycles. The van der Waals surface area contributed by atoms with Gasteiger partial charge in [-0.05, 0) is 25.3 Å². The van der Waals surface area contributed by atoms with Crippen molar-refractivity contribution < 1.29 is 4.79 Å². The number of carbonyl (C=O) groups excluding carboxylic acids is 1. The molecule has 1 aromatic heterocycles. The van der Waals surface area contributed by atoms with Crippen LogP contribution in [0.2, 0.25) is 0 Å². The molecule has 0 saturated carbocycles. The summed E-state index contributed by atoms with van der Waals surface area (Å²) >= 11 is 0. The molecule has 0 aliphatic rings. The van der Waals surface area contributed by atoms with Crippen molar-refractivity contribution in [2.75, 3.05) is 11.9 Å². The van der Waals surface area contributed by atoms with Gasteiger partial charge in [-0.25, -0.2) is 0 Å². The van der Waals surface area contributed by atoms with Crippen LogP contribution in [0, 0.1) is 0 Å². The number of nitrogens with two attached hydrogens (primary N) is 1. The van der Waals surface area contributed by atoms with Gasteiger partial charge in [-0.1, -0.05) is 0 Å². The number of aryl methyl sites for hydroxylation is 2. The van der Waals surface area contributed by atoms with Crippen LogP contribution in [-0.2, 0) is 18.3 Å².